The van der Waals surface area contributed by atoms with Gasteiger partial charge in [0.25, 0.3) is 5.91 Å². The summed E-state index contributed by atoms with van der Waals surface area (Å²) in [6.45, 7) is 3.99. The molecule has 6 nitrogen and oxygen atoms in total. The zero-order valence-corrected chi connectivity index (χ0v) is 11.2. The molecule has 106 valence electrons. The molecule has 1 atom stereocenters. The first kappa shape index (κ1) is 12.9. The molecule has 2 heterocycles. The van der Waals surface area contributed by atoms with Crippen LogP contribution >= 0.6 is 0 Å². The fraction of sp³-hybridized carbons (Fsp3) is 0.429. The van der Waals surface area contributed by atoms with Crippen molar-refractivity contribution in [3.63, 3.8) is 0 Å². The molecule has 1 aromatic rings. The van der Waals surface area contributed by atoms with Crippen molar-refractivity contribution >= 4 is 17.6 Å². The number of amides is 1. The Morgan fingerprint density at radius 2 is 2.15 bits per heavy atom. The molecule has 1 spiro atoms. The van der Waals surface area contributed by atoms with E-state index in [0.29, 0.717) is 17.9 Å². The minimum absolute atomic E-state index is 0.103. The number of carboxylic acid groups (broad SMARTS) is 1. The average molecular weight is 277 g/mol. The van der Waals surface area contributed by atoms with Crippen LogP contribution in [-0.2, 0) is 9.53 Å². The molecule has 1 unspecified atom stereocenters. The lowest BCUT2D eigenvalue weighted by Crippen LogP contribution is -2.52. The van der Waals surface area contributed by atoms with E-state index in [1.54, 1.807) is 6.07 Å². The van der Waals surface area contributed by atoms with Crippen LogP contribution in [0.4, 0.5) is 5.69 Å². The van der Waals surface area contributed by atoms with E-state index in [1.807, 2.05) is 13.8 Å². The van der Waals surface area contributed by atoms with Crippen LogP contribution in [-0.4, -0.2) is 34.8 Å². The number of anilines is 1. The van der Waals surface area contributed by atoms with Gasteiger partial charge in [-0.15, -0.1) is 0 Å². The molecule has 2 N–H and O–H groups in total. The number of fused-ring (bicyclic) bond motifs is 1. The zero-order chi connectivity index (χ0) is 14.5. The standard InChI is InChI=1S/C14H15NO5/c1-13(2)6-14(7-19-13)12(18)15-9-5-8(11(16)17)3-4-10(9)20-14/h3-5H,6-7H2,1-2H3,(H,15,18)(H,16,17). The van der Waals surface area contributed by atoms with Crippen LogP contribution in [0.25, 0.3) is 0 Å². The van der Waals surface area contributed by atoms with Crippen molar-refractivity contribution in [2.24, 2.45) is 0 Å². The van der Waals surface area contributed by atoms with E-state index in [1.165, 1.54) is 12.1 Å². The summed E-state index contributed by atoms with van der Waals surface area (Å²) in [6, 6.07) is 4.40. The number of aromatic carboxylic acids is 1. The van der Waals surface area contributed by atoms with Crippen LogP contribution in [0.3, 0.4) is 0 Å². The van der Waals surface area contributed by atoms with Crippen LogP contribution in [0, 0.1) is 0 Å². The molecular weight excluding hydrogens is 262 g/mol. The van der Waals surface area contributed by atoms with E-state index in [2.05, 4.69) is 5.32 Å². The molecule has 6 heteroatoms. The van der Waals surface area contributed by atoms with Crippen LogP contribution in [0.2, 0.25) is 0 Å². The average Bonchev–Trinajstić information content (AvgIpc) is 2.67. The van der Waals surface area contributed by atoms with Crippen molar-refractivity contribution in [1.29, 1.82) is 0 Å². The number of carbonyl (C=O) groups is 2. The van der Waals surface area contributed by atoms with Crippen molar-refractivity contribution < 1.29 is 24.2 Å². The Hall–Kier alpha value is -2.08. The van der Waals surface area contributed by atoms with Crippen molar-refractivity contribution in [2.45, 2.75) is 31.5 Å². The number of nitrogens with one attached hydrogen (secondary N) is 1. The summed E-state index contributed by atoms with van der Waals surface area (Å²) in [4.78, 5) is 23.2. The second kappa shape index (κ2) is 3.96. The lowest BCUT2D eigenvalue weighted by Gasteiger charge is -2.33. The quantitative estimate of drug-likeness (QED) is 0.815. The highest BCUT2D eigenvalue weighted by Gasteiger charge is 2.54. The van der Waals surface area contributed by atoms with Gasteiger partial charge in [0.1, 0.15) is 5.75 Å². The van der Waals surface area contributed by atoms with Gasteiger partial charge < -0.3 is 19.9 Å². The highest BCUT2D eigenvalue weighted by Crippen LogP contribution is 2.42. The van der Waals surface area contributed by atoms with Crippen molar-refractivity contribution in [2.75, 3.05) is 11.9 Å². The second-order valence-corrected chi connectivity index (χ2v) is 5.79. The Morgan fingerprint density at radius 3 is 2.75 bits per heavy atom. The summed E-state index contributed by atoms with van der Waals surface area (Å²) in [5.41, 5.74) is -0.964. The maximum Gasteiger partial charge on any atom is 0.335 e. The normalized spacial score (nSPS) is 26.8. The summed E-state index contributed by atoms with van der Waals surface area (Å²) in [6.07, 6.45) is 0.450. The third-order valence-electron chi connectivity index (χ3n) is 3.60. The van der Waals surface area contributed by atoms with Crippen molar-refractivity contribution in [3.05, 3.63) is 23.8 Å². The maximum atomic E-state index is 12.3. The van der Waals surface area contributed by atoms with Crippen molar-refractivity contribution in [1.82, 2.24) is 0 Å². The first-order valence-corrected chi connectivity index (χ1v) is 6.33. The molecule has 20 heavy (non-hydrogen) atoms. The summed E-state index contributed by atoms with van der Waals surface area (Å²) >= 11 is 0. The number of hydrogen-bond acceptors (Lipinski definition) is 4. The van der Waals surface area contributed by atoms with Gasteiger partial charge in [0.15, 0.2) is 0 Å². The van der Waals surface area contributed by atoms with E-state index < -0.39 is 17.2 Å². The third-order valence-corrected chi connectivity index (χ3v) is 3.60. The molecule has 2 aliphatic rings. The highest BCUT2D eigenvalue weighted by molar-refractivity contribution is 6.02. The Bertz CT molecular complexity index is 610. The van der Waals surface area contributed by atoms with E-state index in [-0.39, 0.29) is 18.1 Å². The molecule has 1 amide bonds. The topological polar surface area (TPSA) is 84.9 Å². The number of ether oxygens (including phenoxy) is 2. The van der Waals surface area contributed by atoms with Gasteiger partial charge >= 0.3 is 5.97 Å². The van der Waals surface area contributed by atoms with E-state index in [9.17, 15) is 9.59 Å². The molecule has 1 aromatic carbocycles. The largest absolute Gasteiger partial charge is 0.478 e. The summed E-state index contributed by atoms with van der Waals surface area (Å²) < 4.78 is 11.4. The van der Waals surface area contributed by atoms with Gasteiger partial charge in [0, 0.05) is 6.42 Å². The number of hydrogen-bond donors (Lipinski definition) is 2. The SMILES string of the molecule is CC1(C)CC2(CO1)Oc1ccc(C(=O)O)cc1NC2=O. The highest BCUT2D eigenvalue weighted by atomic mass is 16.6. The summed E-state index contributed by atoms with van der Waals surface area (Å²) in [5, 5.41) is 11.7. The molecule has 3 rings (SSSR count). The summed E-state index contributed by atoms with van der Waals surface area (Å²) in [7, 11) is 0. The molecule has 0 aromatic heterocycles. The van der Waals surface area contributed by atoms with Gasteiger partial charge in [0.05, 0.1) is 23.5 Å². The van der Waals surface area contributed by atoms with E-state index >= 15 is 0 Å². The molecule has 0 saturated carbocycles. The van der Waals surface area contributed by atoms with Crippen LogP contribution in [0.1, 0.15) is 30.6 Å². The monoisotopic (exact) mass is 277 g/mol. The molecule has 0 radical (unpaired) electrons. The smallest absolute Gasteiger partial charge is 0.335 e. The number of rotatable bonds is 1. The lowest BCUT2D eigenvalue weighted by molar-refractivity contribution is -0.132. The third kappa shape index (κ3) is 1.92. The summed E-state index contributed by atoms with van der Waals surface area (Å²) in [5.74, 6) is -0.873. The fourth-order valence-corrected chi connectivity index (χ4v) is 2.66. The Labute approximate surface area is 115 Å². The fourth-order valence-electron chi connectivity index (χ4n) is 2.66. The van der Waals surface area contributed by atoms with Crippen molar-refractivity contribution in [3.8, 4) is 5.75 Å². The molecule has 1 saturated heterocycles. The van der Waals surface area contributed by atoms with E-state index in [0.717, 1.165) is 0 Å². The Kier molecular flexibility index (Phi) is 2.56. The number of benzene rings is 1. The van der Waals surface area contributed by atoms with Crippen LogP contribution in [0.15, 0.2) is 18.2 Å². The van der Waals surface area contributed by atoms with Gasteiger partial charge in [-0.1, -0.05) is 0 Å². The molecule has 2 aliphatic heterocycles. The van der Waals surface area contributed by atoms with Gasteiger partial charge in [0.2, 0.25) is 5.60 Å². The molecule has 0 bridgehead atoms. The zero-order valence-electron chi connectivity index (χ0n) is 11.2. The second-order valence-electron chi connectivity index (χ2n) is 5.79. The predicted molar refractivity (Wildman–Crippen MR) is 70.0 cm³/mol. The predicted octanol–water partition coefficient (Wildman–Crippen LogP) is 1.65. The minimum Gasteiger partial charge on any atom is -0.478 e. The minimum atomic E-state index is -1.05. The van der Waals surface area contributed by atoms with Crippen LogP contribution in [0.5, 0.6) is 5.75 Å². The molecule has 0 aliphatic carbocycles. The van der Waals surface area contributed by atoms with Gasteiger partial charge in [-0.05, 0) is 32.0 Å². The first-order chi connectivity index (χ1) is 9.31. The number of carbonyl (C=O) groups excluding carboxylic acids is 1. The number of carboxylic acids is 1. The van der Waals surface area contributed by atoms with Gasteiger partial charge in [-0.25, -0.2) is 4.79 Å². The maximum absolute atomic E-state index is 12.3. The van der Waals surface area contributed by atoms with E-state index in [4.69, 9.17) is 14.6 Å². The molecular formula is C14H15NO5. The lowest BCUT2D eigenvalue weighted by atomic mass is 9.91. The molecule has 1 fully saturated rings. The van der Waals surface area contributed by atoms with Crippen LogP contribution < -0.4 is 10.1 Å². The first-order valence-electron chi connectivity index (χ1n) is 6.33. The van der Waals surface area contributed by atoms with Gasteiger partial charge in [-0.3, -0.25) is 4.79 Å². The Morgan fingerprint density at radius 1 is 1.40 bits per heavy atom. The van der Waals surface area contributed by atoms with Gasteiger partial charge in [-0.2, -0.15) is 0 Å². The Balaban J connectivity index is 1.96.